The van der Waals surface area contributed by atoms with Crippen LogP contribution in [0.1, 0.15) is 17.2 Å². The summed E-state index contributed by atoms with van der Waals surface area (Å²) in [7, 11) is 0. The van der Waals surface area contributed by atoms with E-state index in [1.165, 1.54) is 0 Å². The van der Waals surface area contributed by atoms with Crippen molar-refractivity contribution in [1.29, 1.82) is 0 Å². The zero-order chi connectivity index (χ0) is 12.8. The van der Waals surface area contributed by atoms with Crippen molar-refractivity contribution in [2.45, 2.75) is 18.3 Å². The molecule has 0 radical (unpaired) electrons. The monoisotopic (exact) mass is 311 g/mol. The van der Waals surface area contributed by atoms with Gasteiger partial charge in [0, 0.05) is 5.56 Å². The van der Waals surface area contributed by atoms with Gasteiger partial charge in [-0.2, -0.15) is 13.2 Å². The first-order valence-corrected chi connectivity index (χ1v) is 5.57. The fourth-order valence-electron chi connectivity index (χ4n) is 1.66. The molecule has 0 spiro atoms. The van der Waals surface area contributed by atoms with Crippen LogP contribution in [0.2, 0.25) is 0 Å². The molecule has 0 amide bonds. The van der Waals surface area contributed by atoms with E-state index in [0.717, 1.165) is 12.1 Å². The second-order valence-electron chi connectivity index (χ2n) is 3.78. The minimum Gasteiger partial charge on any atom is -0.489 e. The second-order valence-corrected chi connectivity index (χ2v) is 4.63. The molecule has 1 aromatic rings. The molecule has 3 nitrogen and oxygen atoms in total. The minimum absolute atomic E-state index is 0.0296. The average Bonchev–Trinajstić information content (AvgIpc) is 2.22. The van der Waals surface area contributed by atoms with Gasteiger partial charge < -0.3 is 15.6 Å². The number of hydrogen-bond acceptors (Lipinski definition) is 3. The number of ether oxygens (including phenoxy) is 1. The largest absolute Gasteiger partial charge is 0.489 e. The number of aliphatic hydroxyl groups excluding tert-OH is 1. The van der Waals surface area contributed by atoms with Gasteiger partial charge in [0.15, 0.2) is 0 Å². The maximum atomic E-state index is 12.6. The molecule has 0 bridgehead atoms. The Morgan fingerprint density at radius 3 is 2.65 bits per heavy atom. The van der Waals surface area contributed by atoms with Gasteiger partial charge in [0.25, 0.3) is 0 Å². The van der Waals surface area contributed by atoms with E-state index in [1.807, 2.05) is 0 Å². The predicted molar refractivity (Wildman–Crippen MR) is 57.6 cm³/mol. The van der Waals surface area contributed by atoms with E-state index in [1.54, 1.807) is 0 Å². The highest BCUT2D eigenvalue weighted by Gasteiger charge is 2.35. The van der Waals surface area contributed by atoms with E-state index < -0.39 is 23.9 Å². The lowest BCUT2D eigenvalue weighted by Gasteiger charge is -2.29. The number of fused-ring (bicyclic) bond motifs is 1. The molecule has 17 heavy (non-hydrogen) atoms. The lowest BCUT2D eigenvalue weighted by atomic mass is 9.97. The first-order chi connectivity index (χ1) is 7.80. The van der Waals surface area contributed by atoms with Crippen molar-refractivity contribution in [3.05, 3.63) is 27.7 Å². The lowest BCUT2D eigenvalue weighted by molar-refractivity contribution is -0.137. The van der Waals surface area contributed by atoms with Gasteiger partial charge in [-0.1, -0.05) is 0 Å². The summed E-state index contributed by atoms with van der Waals surface area (Å²) in [6, 6.07) is 0.966. The predicted octanol–water partition coefficient (Wildman–Crippen LogP) is 2.22. The maximum Gasteiger partial charge on any atom is 0.416 e. The molecule has 1 aromatic carbocycles. The standard InChI is InChI=1S/C10H9BrF3NO2/c11-6-2-4(10(12,13)14)1-5-8(15)7(16)3-17-9(5)6/h1-2,7-8,16H,3,15H2. The molecular weight excluding hydrogens is 303 g/mol. The summed E-state index contributed by atoms with van der Waals surface area (Å²) in [5.74, 6) is 0.260. The normalized spacial score (nSPS) is 24.1. The van der Waals surface area contributed by atoms with Gasteiger partial charge in [-0.3, -0.25) is 0 Å². The van der Waals surface area contributed by atoms with Crippen molar-refractivity contribution in [1.82, 2.24) is 0 Å². The molecule has 94 valence electrons. The van der Waals surface area contributed by atoms with Gasteiger partial charge in [-0.05, 0) is 28.1 Å². The number of rotatable bonds is 0. The van der Waals surface area contributed by atoms with Crippen LogP contribution in [-0.2, 0) is 6.18 Å². The molecule has 1 aliphatic rings. The molecule has 1 aliphatic heterocycles. The third-order valence-electron chi connectivity index (χ3n) is 2.57. The summed E-state index contributed by atoms with van der Waals surface area (Å²) in [6.07, 6.45) is -5.46. The fourth-order valence-corrected chi connectivity index (χ4v) is 2.25. The topological polar surface area (TPSA) is 55.5 Å². The first kappa shape index (κ1) is 12.7. The molecule has 0 fully saturated rings. The molecule has 0 aromatic heterocycles. The molecule has 7 heteroatoms. The van der Waals surface area contributed by atoms with E-state index in [-0.39, 0.29) is 22.4 Å². The van der Waals surface area contributed by atoms with Crippen molar-refractivity contribution in [3.8, 4) is 5.75 Å². The van der Waals surface area contributed by atoms with E-state index in [9.17, 15) is 18.3 Å². The molecule has 0 saturated carbocycles. The highest BCUT2D eigenvalue weighted by atomic mass is 79.9. The Balaban J connectivity index is 2.55. The maximum absolute atomic E-state index is 12.6. The first-order valence-electron chi connectivity index (χ1n) is 4.78. The van der Waals surface area contributed by atoms with Crippen LogP contribution in [0, 0.1) is 0 Å². The van der Waals surface area contributed by atoms with Crippen LogP contribution in [0.15, 0.2) is 16.6 Å². The summed E-state index contributed by atoms with van der Waals surface area (Å²) in [5, 5.41) is 9.46. The summed E-state index contributed by atoms with van der Waals surface area (Å²) in [4.78, 5) is 0. The molecule has 2 atom stereocenters. The molecule has 0 saturated heterocycles. The van der Waals surface area contributed by atoms with Crippen LogP contribution in [0.5, 0.6) is 5.75 Å². The van der Waals surface area contributed by atoms with Crippen molar-refractivity contribution in [3.63, 3.8) is 0 Å². The summed E-state index contributed by atoms with van der Waals surface area (Å²) < 4.78 is 43.1. The third kappa shape index (κ3) is 2.27. The minimum atomic E-state index is -4.46. The van der Waals surface area contributed by atoms with Gasteiger partial charge in [-0.25, -0.2) is 0 Å². The van der Waals surface area contributed by atoms with E-state index in [4.69, 9.17) is 10.5 Å². The Kier molecular flexibility index (Phi) is 3.09. The smallest absolute Gasteiger partial charge is 0.416 e. The molecule has 2 rings (SSSR count). The molecule has 1 heterocycles. The number of alkyl halides is 3. The quantitative estimate of drug-likeness (QED) is 0.772. The van der Waals surface area contributed by atoms with Crippen molar-refractivity contribution in [2.75, 3.05) is 6.61 Å². The number of halogens is 4. The van der Waals surface area contributed by atoms with Crippen LogP contribution in [0.25, 0.3) is 0 Å². The third-order valence-corrected chi connectivity index (χ3v) is 3.16. The van der Waals surface area contributed by atoms with Gasteiger partial charge in [0.2, 0.25) is 0 Å². The summed E-state index contributed by atoms with van der Waals surface area (Å²) in [5.41, 5.74) is 4.99. The summed E-state index contributed by atoms with van der Waals surface area (Å²) >= 11 is 3.01. The van der Waals surface area contributed by atoms with Crippen LogP contribution >= 0.6 is 15.9 Å². The van der Waals surface area contributed by atoms with Crippen LogP contribution in [-0.4, -0.2) is 17.8 Å². The molecule has 3 N–H and O–H groups in total. The number of nitrogens with two attached hydrogens (primary N) is 1. The Labute approximate surface area is 103 Å². The Hall–Kier alpha value is -0.790. The number of hydrogen-bond donors (Lipinski definition) is 2. The highest BCUT2D eigenvalue weighted by Crippen LogP contribution is 2.41. The zero-order valence-corrected chi connectivity index (χ0v) is 10.0. The lowest BCUT2D eigenvalue weighted by Crippen LogP contribution is -2.36. The van der Waals surface area contributed by atoms with Crippen LogP contribution in [0.3, 0.4) is 0 Å². The SMILES string of the molecule is NC1c2cc(C(F)(F)F)cc(Br)c2OCC1O. The molecule has 0 aliphatic carbocycles. The van der Waals surface area contributed by atoms with Gasteiger partial charge in [-0.15, -0.1) is 0 Å². The molecular formula is C10H9BrF3NO2. The highest BCUT2D eigenvalue weighted by molar-refractivity contribution is 9.10. The number of aliphatic hydroxyl groups is 1. The van der Waals surface area contributed by atoms with Crippen molar-refractivity contribution >= 4 is 15.9 Å². The van der Waals surface area contributed by atoms with Gasteiger partial charge in [0.05, 0.1) is 16.1 Å². The van der Waals surface area contributed by atoms with Crippen molar-refractivity contribution in [2.24, 2.45) is 5.73 Å². The Morgan fingerprint density at radius 2 is 2.06 bits per heavy atom. The Morgan fingerprint density at radius 1 is 1.41 bits per heavy atom. The fraction of sp³-hybridized carbons (Fsp3) is 0.400. The van der Waals surface area contributed by atoms with E-state index in [0.29, 0.717) is 0 Å². The average molecular weight is 312 g/mol. The molecule has 2 unspecified atom stereocenters. The second kappa shape index (κ2) is 4.15. The van der Waals surface area contributed by atoms with E-state index in [2.05, 4.69) is 15.9 Å². The van der Waals surface area contributed by atoms with Crippen LogP contribution in [0.4, 0.5) is 13.2 Å². The summed E-state index contributed by atoms with van der Waals surface area (Å²) in [6.45, 7) is -0.0296. The number of benzene rings is 1. The zero-order valence-electron chi connectivity index (χ0n) is 8.46. The Bertz CT molecular complexity index is 450. The van der Waals surface area contributed by atoms with E-state index >= 15 is 0 Å². The van der Waals surface area contributed by atoms with Gasteiger partial charge >= 0.3 is 6.18 Å². The van der Waals surface area contributed by atoms with Crippen molar-refractivity contribution < 1.29 is 23.0 Å². The van der Waals surface area contributed by atoms with Gasteiger partial charge in [0.1, 0.15) is 18.5 Å². The van der Waals surface area contributed by atoms with Crippen LogP contribution < -0.4 is 10.5 Å².